The summed E-state index contributed by atoms with van der Waals surface area (Å²) < 4.78 is 14.7. The molecular formula is C34H54FN5O3. The van der Waals surface area contributed by atoms with Gasteiger partial charge in [-0.2, -0.15) is 4.39 Å². The number of primary amides is 1. The summed E-state index contributed by atoms with van der Waals surface area (Å²) in [6.45, 7) is 12.2. The average molecular weight is 600 g/mol. The zero-order chi connectivity index (χ0) is 32.6. The number of rotatable bonds is 11. The van der Waals surface area contributed by atoms with Crippen LogP contribution in [0.5, 0.6) is 0 Å². The largest absolute Gasteiger partial charge is 0.400 e. The SMILES string of the molecule is C/C=C(/CC)c1ccc(CCC=O)cc1.C/C=C\C.CCCCN(C)c1ncnc(N2CCCC(C(N)=O)C2)c1F.CO. The summed E-state index contributed by atoms with van der Waals surface area (Å²) in [5.41, 5.74) is 9.27. The molecule has 1 atom stereocenters. The first-order valence-electron chi connectivity index (χ1n) is 15.2. The molecule has 43 heavy (non-hydrogen) atoms. The molecule has 3 N–H and O–H groups in total. The van der Waals surface area contributed by atoms with Crippen LogP contribution >= 0.6 is 0 Å². The Morgan fingerprint density at radius 2 is 1.79 bits per heavy atom. The van der Waals surface area contributed by atoms with Crippen molar-refractivity contribution in [3.63, 3.8) is 0 Å². The Bertz CT molecular complexity index is 1100. The predicted octanol–water partition coefficient (Wildman–Crippen LogP) is 6.38. The van der Waals surface area contributed by atoms with E-state index in [1.807, 2.05) is 33.0 Å². The maximum Gasteiger partial charge on any atom is 0.222 e. The van der Waals surface area contributed by atoms with Crippen LogP contribution in [-0.2, 0) is 16.0 Å². The van der Waals surface area contributed by atoms with E-state index in [9.17, 15) is 14.0 Å². The van der Waals surface area contributed by atoms with Gasteiger partial charge in [-0.25, -0.2) is 9.97 Å². The van der Waals surface area contributed by atoms with Crippen molar-refractivity contribution in [3.8, 4) is 0 Å². The number of carbonyl (C=O) groups excluding carboxylic acids is 2. The van der Waals surface area contributed by atoms with Crippen LogP contribution in [0.15, 0.2) is 48.8 Å². The molecule has 240 valence electrons. The summed E-state index contributed by atoms with van der Waals surface area (Å²) >= 11 is 0. The first kappa shape index (κ1) is 39.4. The van der Waals surface area contributed by atoms with Crippen molar-refractivity contribution < 1.29 is 19.1 Å². The van der Waals surface area contributed by atoms with Gasteiger partial charge in [-0.05, 0) is 69.6 Å². The number of halogens is 1. The first-order chi connectivity index (χ1) is 20.8. The highest BCUT2D eigenvalue weighted by molar-refractivity contribution is 5.77. The molecule has 2 heterocycles. The molecule has 0 saturated carbocycles. The quantitative estimate of drug-likeness (QED) is 0.228. The van der Waals surface area contributed by atoms with E-state index in [2.05, 4.69) is 61.1 Å². The number of unbranched alkanes of at least 4 members (excludes halogenated alkanes) is 1. The second-order valence-electron chi connectivity index (χ2n) is 10.0. The molecule has 1 saturated heterocycles. The van der Waals surface area contributed by atoms with Crippen molar-refractivity contribution in [2.45, 2.75) is 79.6 Å². The molecule has 1 aromatic heterocycles. The number of nitrogens with two attached hydrogens (primary N) is 1. The second kappa shape index (κ2) is 23.9. The number of carbonyl (C=O) groups is 2. The summed E-state index contributed by atoms with van der Waals surface area (Å²) in [6.07, 6.45) is 14.6. The monoisotopic (exact) mass is 599 g/mol. The summed E-state index contributed by atoms with van der Waals surface area (Å²) in [6, 6.07) is 8.49. The Hall–Kier alpha value is -3.59. The minimum Gasteiger partial charge on any atom is -0.400 e. The molecular weight excluding hydrogens is 545 g/mol. The lowest BCUT2D eigenvalue weighted by Gasteiger charge is -2.32. The fourth-order valence-electron chi connectivity index (χ4n) is 4.43. The van der Waals surface area contributed by atoms with E-state index in [1.54, 1.807) is 9.80 Å². The number of anilines is 2. The van der Waals surface area contributed by atoms with Crippen LogP contribution in [0.3, 0.4) is 0 Å². The number of aldehydes is 1. The van der Waals surface area contributed by atoms with Crippen LogP contribution in [0.1, 0.15) is 84.3 Å². The number of amides is 1. The molecule has 8 nitrogen and oxygen atoms in total. The van der Waals surface area contributed by atoms with Crippen molar-refractivity contribution in [1.82, 2.24) is 9.97 Å². The Labute approximate surface area is 258 Å². The van der Waals surface area contributed by atoms with Gasteiger partial charge in [0, 0.05) is 40.2 Å². The van der Waals surface area contributed by atoms with Crippen LogP contribution in [0.4, 0.5) is 16.0 Å². The highest BCUT2D eigenvalue weighted by atomic mass is 19.1. The zero-order valence-electron chi connectivity index (χ0n) is 27.4. The maximum absolute atomic E-state index is 14.7. The fourth-order valence-corrected chi connectivity index (χ4v) is 4.43. The Morgan fingerprint density at radius 1 is 1.14 bits per heavy atom. The number of aliphatic hydroxyl groups excluding tert-OH is 1. The van der Waals surface area contributed by atoms with Gasteiger partial charge in [0.1, 0.15) is 12.6 Å². The van der Waals surface area contributed by atoms with E-state index in [0.29, 0.717) is 25.3 Å². The van der Waals surface area contributed by atoms with Crippen LogP contribution in [0.2, 0.25) is 0 Å². The van der Waals surface area contributed by atoms with Gasteiger partial charge >= 0.3 is 0 Å². The molecule has 0 aliphatic carbocycles. The van der Waals surface area contributed by atoms with Crippen LogP contribution in [0, 0.1) is 11.7 Å². The minimum atomic E-state index is -0.425. The highest BCUT2D eigenvalue weighted by Crippen LogP contribution is 2.27. The summed E-state index contributed by atoms with van der Waals surface area (Å²) in [7, 11) is 2.83. The third kappa shape index (κ3) is 14.4. The number of piperidine rings is 1. The molecule has 1 unspecified atom stereocenters. The van der Waals surface area contributed by atoms with Crippen LogP contribution < -0.4 is 15.5 Å². The first-order valence-corrected chi connectivity index (χ1v) is 15.2. The lowest BCUT2D eigenvalue weighted by atomic mass is 9.97. The van der Waals surface area contributed by atoms with Crippen molar-refractivity contribution in [3.05, 3.63) is 65.8 Å². The van der Waals surface area contributed by atoms with Crippen LogP contribution in [-0.4, -0.2) is 61.1 Å². The standard InChI is InChI=1S/C15H24FN5O.C14H18O.C4H8.CH4O/c1-3-4-7-20(2)14-12(16)15(19-10-18-14)21-8-5-6-11(9-21)13(17)22;1-3-13(4-2)14-9-7-12(8-10-14)6-5-11-15;1-3-4-2;1-2/h10-11H,3-9H2,1-2H3,(H2,17,22);3,7-11H,4-6H2,1-2H3;3-4H,1-2H3;2H,1H3/b;13-3-;4-3-;. The van der Waals surface area contributed by atoms with Crippen molar-refractivity contribution in [2.24, 2.45) is 11.7 Å². The van der Waals surface area contributed by atoms with Crippen LogP contribution in [0.25, 0.3) is 5.57 Å². The fraction of sp³-hybridized carbons (Fsp3) is 0.529. The molecule has 0 bridgehead atoms. The van der Waals surface area contributed by atoms with E-state index in [1.165, 1.54) is 23.0 Å². The molecule has 1 fully saturated rings. The Balaban J connectivity index is 0.000000728. The predicted molar refractivity (Wildman–Crippen MR) is 178 cm³/mol. The molecule has 1 aliphatic heterocycles. The van der Waals surface area contributed by atoms with Gasteiger partial charge in [-0.3, -0.25) is 4.79 Å². The molecule has 9 heteroatoms. The Kier molecular flexibility index (Phi) is 21.9. The van der Waals surface area contributed by atoms with E-state index in [0.717, 1.165) is 58.5 Å². The number of hydrogen-bond acceptors (Lipinski definition) is 7. The van der Waals surface area contributed by atoms with Gasteiger partial charge in [-0.1, -0.05) is 62.8 Å². The number of hydrogen-bond donors (Lipinski definition) is 2. The van der Waals surface area contributed by atoms with Crippen molar-refractivity contribution in [1.29, 1.82) is 0 Å². The summed E-state index contributed by atoms with van der Waals surface area (Å²) in [5, 5.41) is 7.00. The normalized spacial score (nSPS) is 14.4. The summed E-state index contributed by atoms with van der Waals surface area (Å²) in [4.78, 5) is 33.4. The maximum atomic E-state index is 14.7. The van der Waals surface area contributed by atoms with Gasteiger partial charge in [0.05, 0.1) is 5.92 Å². The average Bonchev–Trinajstić information content (AvgIpc) is 3.05. The molecule has 3 rings (SSSR count). The van der Waals surface area contributed by atoms with Gasteiger partial charge in [0.25, 0.3) is 0 Å². The third-order valence-electron chi connectivity index (χ3n) is 7.02. The number of aryl methyl sites for hydroxylation is 1. The lowest BCUT2D eigenvalue weighted by molar-refractivity contribution is -0.122. The molecule has 0 spiro atoms. The molecule has 0 radical (unpaired) electrons. The number of aliphatic hydroxyl groups is 1. The summed E-state index contributed by atoms with van der Waals surface area (Å²) in [5.74, 6) is -0.436. The number of nitrogens with zero attached hydrogens (tertiary/aromatic N) is 4. The van der Waals surface area contributed by atoms with Gasteiger partial charge in [0.15, 0.2) is 11.6 Å². The van der Waals surface area contributed by atoms with E-state index < -0.39 is 5.82 Å². The number of benzene rings is 1. The van der Waals surface area contributed by atoms with Crippen molar-refractivity contribution >= 4 is 29.4 Å². The van der Waals surface area contributed by atoms with E-state index in [-0.39, 0.29) is 17.6 Å². The lowest BCUT2D eigenvalue weighted by Crippen LogP contribution is -2.42. The smallest absolute Gasteiger partial charge is 0.222 e. The number of allylic oxidation sites excluding steroid dienone is 4. The highest BCUT2D eigenvalue weighted by Gasteiger charge is 2.28. The molecule has 1 amide bonds. The Morgan fingerprint density at radius 3 is 2.30 bits per heavy atom. The number of aromatic nitrogens is 2. The molecule has 2 aromatic rings. The van der Waals surface area contributed by atoms with Gasteiger partial charge < -0.3 is 25.4 Å². The third-order valence-corrected chi connectivity index (χ3v) is 7.02. The second-order valence-corrected chi connectivity index (χ2v) is 10.0. The molecule has 1 aliphatic rings. The topological polar surface area (TPSA) is 113 Å². The van der Waals surface area contributed by atoms with E-state index in [4.69, 9.17) is 10.8 Å². The molecule has 1 aromatic carbocycles. The van der Waals surface area contributed by atoms with E-state index >= 15 is 0 Å². The van der Waals surface area contributed by atoms with Crippen molar-refractivity contribution in [2.75, 3.05) is 43.6 Å². The minimum absolute atomic E-state index is 0.246. The van der Waals surface area contributed by atoms with Gasteiger partial charge in [-0.15, -0.1) is 0 Å². The zero-order valence-corrected chi connectivity index (χ0v) is 27.4. The van der Waals surface area contributed by atoms with Gasteiger partial charge in [0.2, 0.25) is 11.7 Å².